The normalized spacial score (nSPS) is 2.18. The molecule has 0 spiro atoms. The number of rotatable bonds is 0. The Morgan fingerprint density at radius 2 is 0.909 bits per heavy atom. The topological polar surface area (TPSA) is 252 Å². The van der Waals surface area contributed by atoms with Crippen LogP contribution in [0, 0.1) is 10.1 Å². The molecule has 0 aliphatic rings. The first-order chi connectivity index (χ1) is 1.73. The molecule has 13 N–H and O–H groups in total. The van der Waals surface area contributed by atoms with E-state index in [-0.39, 0.29) is 58.7 Å². The van der Waals surface area contributed by atoms with E-state index in [2.05, 4.69) is 0 Å². The minimum Gasteiger partial charge on any atom is -0.412 e. The smallest absolute Gasteiger partial charge is 0.291 e. The molecule has 0 aliphatic carbocycles. The fraction of sp³-hybridized carbons (Fsp3) is 0. The van der Waals surface area contributed by atoms with Crippen molar-refractivity contribution in [2.24, 2.45) is 0 Å². The summed E-state index contributed by atoms with van der Waals surface area (Å²) in [5.74, 6) is 0. The monoisotopic (exact) mass is 286 g/mol. The third-order valence-electron chi connectivity index (χ3n) is 0. The van der Waals surface area contributed by atoms with Gasteiger partial charge in [0.15, 0.2) is 0 Å². The van der Waals surface area contributed by atoms with Crippen molar-refractivity contribution >= 4 is 25.8 Å². The summed E-state index contributed by atoms with van der Waals surface area (Å²) in [4.78, 5) is 8.36. The molecule has 0 unspecified atom stereocenters. The first-order valence-corrected chi connectivity index (χ1v) is 0.565. The zero-order valence-electron chi connectivity index (χ0n) is 5.29. The largest absolute Gasteiger partial charge is 0.412 e. The molecule has 0 saturated heterocycles. The molecule has 0 rings (SSSR count). The van der Waals surface area contributed by atoms with Gasteiger partial charge in [0.05, 0.1) is 0 Å². The fourth-order valence-corrected chi connectivity index (χ4v) is 0. The molecule has 11 heteroatoms. The maximum absolute atomic E-state index is 8.36. The molecule has 3 radical (unpaired) electrons. The Bertz CT molecular complexity index is 32.5. The second-order valence-corrected chi connectivity index (χ2v) is 0.238. The van der Waals surface area contributed by atoms with Crippen molar-refractivity contribution in [1.29, 1.82) is 0 Å². The molecule has 0 heterocycles. The summed E-state index contributed by atoms with van der Waals surface area (Å²) in [6.45, 7) is 0. The van der Waals surface area contributed by atoms with Gasteiger partial charge in [-0.25, -0.2) is 0 Å². The molecular weight excluding hydrogens is 273 g/mol. The van der Waals surface area contributed by atoms with Crippen molar-refractivity contribution in [1.82, 2.24) is 0 Å². The van der Waals surface area contributed by atoms with Crippen LogP contribution in [0.1, 0.15) is 0 Å². The van der Waals surface area contributed by atoms with Crippen molar-refractivity contribution in [3.8, 4) is 0 Å². The van der Waals surface area contributed by atoms with Gasteiger partial charge in [0.2, 0.25) is 0 Å². The molecule has 10 nitrogen and oxygen atoms in total. The molecule has 0 aliphatic heterocycles. The van der Waals surface area contributed by atoms with E-state index in [0.29, 0.717) is 0 Å². The van der Waals surface area contributed by atoms with Gasteiger partial charge in [0, 0.05) is 25.8 Å². The second kappa shape index (κ2) is 95.7. The summed E-state index contributed by atoms with van der Waals surface area (Å²) in [5.41, 5.74) is 0. The van der Waals surface area contributed by atoms with E-state index in [0.717, 1.165) is 0 Å². The van der Waals surface area contributed by atoms with E-state index in [1.54, 1.807) is 0 Å². The molecule has 0 amide bonds. The van der Waals surface area contributed by atoms with Crippen LogP contribution in [0.5, 0.6) is 0 Å². The average Bonchev–Trinajstić information content (AvgIpc) is 0.811. The molecule has 0 fully saturated rings. The SMILES string of the molecule is O.O.O.O.O.O.O=[N+]([O-])O.[In]. The van der Waals surface area contributed by atoms with Crippen molar-refractivity contribution in [2.75, 3.05) is 0 Å². The minimum atomic E-state index is -1.50. The van der Waals surface area contributed by atoms with Gasteiger partial charge in [-0.05, 0) is 0 Å². The Morgan fingerprint density at radius 3 is 0.909 bits per heavy atom. The Kier molecular flexibility index (Phi) is 1140. The summed E-state index contributed by atoms with van der Waals surface area (Å²) in [5, 5.41) is 13.6. The maximum Gasteiger partial charge on any atom is 0.291 e. The number of nitrogens with zero attached hydrogens (tertiary/aromatic N) is 1. The Balaban J connectivity index is -0.00000000214. The van der Waals surface area contributed by atoms with Crippen molar-refractivity contribution < 1.29 is 43.2 Å². The molecule has 0 bridgehead atoms. The zero-order valence-corrected chi connectivity index (χ0v) is 8.58. The van der Waals surface area contributed by atoms with Gasteiger partial charge in [0.25, 0.3) is 5.09 Å². The van der Waals surface area contributed by atoms with Crippen LogP contribution in [0.3, 0.4) is 0 Å². The molecular formula is H13InNO9. The van der Waals surface area contributed by atoms with E-state index >= 15 is 0 Å². The summed E-state index contributed by atoms with van der Waals surface area (Å²) in [7, 11) is 0. The van der Waals surface area contributed by atoms with Gasteiger partial charge in [-0.3, -0.25) is 0 Å². The van der Waals surface area contributed by atoms with Crippen LogP contribution < -0.4 is 0 Å². The van der Waals surface area contributed by atoms with Crippen LogP contribution in [-0.2, 0) is 0 Å². The summed E-state index contributed by atoms with van der Waals surface area (Å²) < 4.78 is 0. The standard InChI is InChI=1S/In.HNO3.6H2O/c;2-1(3)4;;;;;;/h;(H,2,3,4);6*1H2. The predicted molar refractivity (Wildman–Crippen MR) is 36.2 cm³/mol. The molecule has 0 aromatic carbocycles. The van der Waals surface area contributed by atoms with E-state index in [4.69, 9.17) is 15.3 Å². The summed E-state index contributed by atoms with van der Waals surface area (Å²) in [6, 6.07) is 0. The maximum atomic E-state index is 8.36. The Labute approximate surface area is 79.6 Å². The van der Waals surface area contributed by atoms with Gasteiger partial charge >= 0.3 is 0 Å². The first-order valence-electron chi connectivity index (χ1n) is 0.565. The van der Waals surface area contributed by atoms with Crippen LogP contribution >= 0.6 is 0 Å². The third kappa shape index (κ3) is 20900. The van der Waals surface area contributed by atoms with Gasteiger partial charge < -0.3 is 38.1 Å². The van der Waals surface area contributed by atoms with Crippen molar-refractivity contribution in [2.45, 2.75) is 0 Å². The van der Waals surface area contributed by atoms with Crippen LogP contribution in [0.2, 0.25) is 0 Å². The zero-order chi connectivity index (χ0) is 3.58. The fourth-order valence-electron chi connectivity index (χ4n) is 0. The minimum absolute atomic E-state index is 0. The van der Waals surface area contributed by atoms with E-state index < -0.39 is 5.09 Å². The molecule has 0 atom stereocenters. The van der Waals surface area contributed by atoms with Crippen molar-refractivity contribution in [3.63, 3.8) is 0 Å². The molecule has 75 valence electrons. The first kappa shape index (κ1) is 131. The van der Waals surface area contributed by atoms with Gasteiger partial charge in [0.1, 0.15) is 0 Å². The van der Waals surface area contributed by atoms with Gasteiger partial charge in [-0.15, -0.1) is 10.1 Å². The van der Waals surface area contributed by atoms with Gasteiger partial charge in [-0.1, -0.05) is 0 Å². The second-order valence-electron chi connectivity index (χ2n) is 0.238. The van der Waals surface area contributed by atoms with E-state index in [9.17, 15) is 0 Å². The quantitative estimate of drug-likeness (QED) is 0.337. The molecule has 0 saturated carbocycles. The predicted octanol–water partition coefficient (Wildman–Crippen LogP) is -5.68. The van der Waals surface area contributed by atoms with Crippen LogP contribution in [0.25, 0.3) is 0 Å². The third-order valence-corrected chi connectivity index (χ3v) is 0. The number of hydrogen-bond acceptors (Lipinski definition) is 2. The van der Waals surface area contributed by atoms with E-state index in [1.807, 2.05) is 0 Å². The Hall–Kier alpha value is -0.170. The molecule has 11 heavy (non-hydrogen) atoms. The van der Waals surface area contributed by atoms with Crippen molar-refractivity contribution in [3.05, 3.63) is 10.1 Å². The van der Waals surface area contributed by atoms with Gasteiger partial charge in [-0.2, -0.15) is 0 Å². The summed E-state index contributed by atoms with van der Waals surface area (Å²) >= 11 is 0. The molecule has 0 aromatic heterocycles. The van der Waals surface area contributed by atoms with Crippen LogP contribution in [0.4, 0.5) is 0 Å². The molecule has 0 aromatic rings. The average molecular weight is 286 g/mol. The summed E-state index contributed by atoms with van der Waals surface area (Å²) in [6.07, 6.45) is 0. The van der Waals surface area contributed by atoms with E-state index in [1.165, 1.54) is 0 Å². The van der Waals surface area contributed by atoms with Crippen LogP contribution in [-0.4, -0.2) is 69.0 Å². The van der Waals surface area contributed by atoms with Crippen LogP contribution in [0.15, 0.2) is 0 Å². The number of hydrogen-bond donors (Lipinski definition) is 1. The Morgan fingerprint density at radius 1 is 0.909 bits per heavy atom.